The van der Waals surface area contributed by atoms with Crippen molar-refractivity contribution in [3.8, 4) is 6.07 Å². The van der Waals surface area contributed by atoms with Crippen molar-refractivity contribution in [2.75, 3.05) is 12.0 Å². The number of nitrogens with zero attached hydrogens (tertiary/aromatic N) is 3. The molecular formula is C11H10N4O4. The number of carbonyl (C=O) groups excluding carboxylic acids is 1. The van der Waals surface area contributed by atoms with E-state index < -0.39 is 16.6 Å². The first-order valence-electron chi connectivity index (χ1n) is 5.23. The Morgan fingerprint density at radius 3 is 2.95 bits per heavy atom. The van der Waals surface area contributed by atoms with Gasteiger partial charge in [0.1, 0.15) is 6.07 Å². The number of hydrogen-bond acceptors (Lipinski definition) is 7. The molecule has 0 aliphatic heterocycles. The SMILES string of the molecule is CCOC(=O)/C(C#N)=N/Nc1cccc([N+](=O)[O-])c1. The monoisotopic (exact) mass is 262 g/mol. The Morgan fingerprint density at radius 2 is 2.37 bits per heavy atom. The summed E-state index contributed by atoms with van der Waals surface area (Å²) in [4.78, 5) is 21.2. The van der Waals surface area contributed by atoms with Crippen LogP contribution in [-0.4, -0.2) is 23.2 Å². The summed E-state index contributed by atoms with van der Waals surface area (Å²) in [5, 5.41) is 22.8. The summed E-state index contributed by atoms with van der Waals surface area (Å²) >= 11 is 0. The molecule has 0 atom stereocenters. The quantitative estimate of drug-likeness (QED) is 0.371. The van der Waals surface area contributed by atoms with E-state index in [1.54, 1.807) is 13.0 Å². The Kier molecular flexibility index (Phi) is 4.98. The van der Waals surface area contributed by atoms with Crippen LogP contribution in [0.3, 0.4) is 0 Å². The van der Waals surface area contributed by atoms with Crippen LogP contribution in [0.2, 0.25) is 0 Å². The molecule has 0 amide bonds. The van der Waals surface area contributed by atoms with Crippen molar-refractivity contribution >= 4 is 23.1 Å². The normalized spacial score (nSPS) is 10.4. The number of nitriles is 1. The zero-order valence-electron chi connectivity index (χ0n) is 9.99. The smallest absolute Gasteiger partial charge is 0.369 e. The number of nitro benzene ring substituents is 1. The van der Waals surface area contributed by atoms with Crippen LogP contribution in [0.5, 0.6) is 0 Å². The van der Waals surface area contributed by atoms with Crippen molar-refractivity contribution in [1.82, 2.24) is 0 Å². The van der Waals surface area contributed by atoms with Crippen molar-refractivity contribution in [3.63, 3.8) is 0 Å². The molecule has 0 saturated heterocycles. The van der Waals surface area contributed by atoms with Crippen molar-refractivity contribution in [1.29, 1.82) is 5.26 Å². The van der Waals surface area contributed by atoms with Gasteiger partial charge in [0.15, 0.2) is 0 Å². The number of esters is 1. The molecule has 19 heavy (non-hydrogen) atoms. The molecule has 1 rings (SSSR count). The second kappa shape index (κ2) is 6.70. The number of ether oxygens (including phenoxy) is 1. The maximum atomic E-state index is 11.2. The highest BCUT2D eigenvalue weighted by Gasteiger charge is 2.12. The van der Waals surface area contributed by atoms with Gasteiger partial charge in [0, 0.05) is 12.1 Å². The van der Waals surface area contributed by atoms with Gasteiger partial charge in [-0.25, -0.2) is 4.79 Å². The van der Waals surface area contributed by atoms with Gasteiger partial charge in [0.25, 0.3) is 5.69 Å². The lowest BCUT2D eigenvalue weighted by Gasteiger charge is -2.01. The van der Waals surface area contributed by atoms with Crippen molar-refractivity contribution < 1.29 is 14.5 Å². The first kappa shape index (κ1) is 14.1. The number of carbonyl (C=O) groups is 1. The Balaban J connectivity index is 2.84. The van der Waals surface area contributed by atoms with Crippen LogP contribution in [0.15, 0.2) is 29.4 Å². The zero-order chi connectivity index (χ0) is 14.3. The number of hydrazone groups is 1. The van der Waals surface area contributed by atoms with Gasteiger partial charge in [-0.1, -0.05) is 6.07 Å². The predicted molar refractivity (Wildman–Crippen MR) is 66.4 cm³/mol. The first-order valence-corrected chi connectivity index (χ1v) is 5.23. The van der Waals surface area contributed by atoms with Crippen molar-refractivity contribution in [3.05, 3.63) is 34.4 Å². The first-order chi connectivity index (χ1) is 9.08. The molecule has 8 heteroatoms. The zero-order valence-corrected chi connectivity index (χ0v) is 9.99. The highest BCUT2D eigenvalue weighted by Crippen LogP contribution is 2.16. The van der Waals surface area contributed by atoms with Gasteiger partial charge < -0.3 is 4.74 Å². The number of nitrogens with one attached hydrogen (secondary N) is 1. The number of hydrogen-bond donors (Lipinski definition) is 1. The molecule has 0 aliphatic rings. The Morgan fingerprint density at radius 1 is 1.63 bits per heavy atom. The van der Waals surface area contributed by atoms with Crippen LogP contribution in [0.4, 0.5) is 11.4 Å². The molecule has 0 aliphatic carbocycles. The van der Waals surface area contributed by atoms with Gasteiger partial charge in [0.2, 0.25) is 5.71 Å². The number of non-ortho nitro benzene ring substituents is 1. The van der Waals surface area contributed by atoms with E-state index in [9.17, 15) is 14.9 Å². The third-order valence-corrected chi connectivity index (χ3v) is 1.93. The van der Waals surface area contributed by atoms with Crippen molar-refractivity contribution in [2.45, 2.75) is 6.92 Å². The molecule has 0 saturated carbocycles. The summed E-state index contributed by atoms with van der Waals surface area (Å²) < 4.78 is 4.60. The van der Waals surface area contributed by atoms with Crippen LogP contribution in [-0.2, 0) is 9.53 Å². The third-order valence-electron chi connectivity index (χ3n) is 1.93. The maximum Gasteiger partial charge on any atom is 0.369 e. The third kappa shape index (κ3) is 4.08. The van der Waals surface area contributed by atoms with Gasteiger partial charge in [-0.3, -0.25) is 15.5 Å². The van der Waals surface area contributed by atoms with Gasteiger partial charge in [-0.2, -0.15) is 10.4 Å². The van der Waals surface area contributed by atoms with E-state index in [1.165, 1.54) is 24.3 Å². The molecule has 0 spiro atoms. The van der Waals surface area contributed by atoms with E-state index in [0.29, 0.717) is 0 Å². The molecule has 1 N–H and O–H groups in total. The number of benzene rings is 1. The summed E-state index contributed by atoms with van der Waals surface area (Å²) in [7, 11) is 0. The summed E-state index contributed by atoms with van der Waals surface area (Å²) in [5.74, 6) is -0.858. The van der Waals surface area contributed by atoms with E-state index >= 15 is 0 Å². The van der Waals surface area contributed by atoms with E-state index in [-0.39, 0.29) is 18.0 Å². The maximum absolute atomic E-state index is 11.2. The van der Waals surface area contributed by atoms with E-state index in [0.717, 1.165) is 0 Å². The number of anilines is 1. The molecule has 8 nitrogen and oxygen atoms in total. The van der Waals surface area contributed by atoms with Gasteiger partial charge in [-0.05, 0) is 13.0 Å². The second-order valence-electron chi connectivity index (χ2n) is 3.21. The minimum absolute atomic E-state index is 0.121. The van der Waals surface area contributed by atoms with Crippen LogP contribution >= 0.6 is 0 Å². The van der Waals surface area contributed by atoms with Crippen molar-refractivity contribution in [2.24, 2.45) is 5.10 Å². The fraction of sp³-hybridized carbons (Fsp3) is 0.182. The Labute approximate surface area is 108 Å². The summed E-state index contributed by atoms with van der Waals surface area (Å²) in [6, 6.07) is 7.07. The van der Waals surface area contributed by atoms with Gasteiger partial charge >= 0.3 is 5.97 Å². The van der Waals surface area contributed by atoms with Gasteiger partial charge in [0.05, 0.1) is 17.2 Å². The average Bonchev–Trinajstić information content (AvgIpc) is 2.40. The van der Waals surface area contributed by atoms with E-state index in [1.807, 2.05) is 0 Å². The van der Waals surface area contributed by atoms with Crippen LogP contribution in [0.25, 0.3) is 0 Å². The minimum atomic E-state index is -0.858. The largest absolute Gasteiger partial charge is 0.461 e. The average molecular weight is 262 g/mol. The lowest BCUT2D eigenvalue weighted by atomic mass is 10.3. The van der Waals surface area contributed by atoms with Crippen LogP contribution in [0.1, 0.15) is 6.92 Å². The standard InChI is InChI=1S/C11H10N4O4/c1-2-19-11(16)10(7-12)14-13-8-4-3-5-9(6-8)15(17)18/h3-6,13H,2H2,1H3/b14-10+. The summed E-state index contributed by atoms with van der Waals surface area (Å²) in [6.45, 7) is 1.72. The molecule has 98 valence electrons. The molecule has 1 aromatic carbocycles. The molecule has 1 aromatic rings. The molecule has 0 aromatic heterocycles. The summed E-state index contributed by atoms with van der Waals surface area (Å²) in [5.41, 5.74) is 2.08. The minimum Gasteiger partial charge on any atom is -0.461 e. The predicted octanol–water partition coefficient (Wildman–Crippen LogP) is 1.45. The molecule has 0 unspecified atom stereocenters. The number of nitro groups is 1. The highest BCUT2D eigenvalue weighted by atomic mass is 16.6. The molecule has 0 bridgehead atoms. The molecule has 0 heterocycles. The van der Waals surface area contributed by atoms with E-state index in [2.05, 4.69) is 15.3 Å². The van der Waals surface area contributed by atoms with E-state index in [4.69, 9.17) is 5.26 Å². The topological polar surface area (TPSA) is 118 Å². The molecular weight excluding hydrogens is 252 g/mol. The number of rotatable bonds is 5. The van der Waals surface area contributed by atoms with Gasteiger partial charge in [-0.15, -0.1) is 0 Å². The lowest BCUT2D eigenvalue weighted by molar-refractivity contribution is -0.384. The Bertz CT molecular complexity index is 562. The molecule has 0 fully saturated rings. The lowest BCUT2D eigenvalue weighted by Crippen LogP contribution is -2.17. The fourth-order valence-corrected chi connectivity index (χ4v) is 1.13. The summed E-state index contributed by atoms with van der Waals surface area (Å²) in [6.07, 6.45) is 0. The Hall–Kier alpha value is -2.95. The highest BCUT2D eigenvalue weighted by molar-refractivity contribution is 6.43. The van der Waals surface area contributed by atoms with Crippen LogP contribution < -0.4 is 5.43 Å². The second-order valence-corrected chi connectivity index (χ2v) is 3.21. The fourth-order valence-electron chi connectivity index (χ4n) is 1.13. The molecule has 0 radical (unpaired) electrons. The van der Waals surface area contributed by atoms with Crippen LogP contribution in [0, 0.1) is 21.4 Å².